The fourth-order valence-electron chi connectivity index (χ4n) is 1.67. The molecule has 2 aromatic rings. The van der Waals surface area contributed by atoms with E-state index < -0.39 is 0 Å². The third-order valence-electron chi connectivity index (χ3n) is 2.76. The van der Waals surface area contributed by atoms with Gasteiger partial charge in [0.2, 0.25) is 0 Å². The maximum atomic E-state index is 12.0. The zero-order chi connectivity index (χ0) is 13.0. The molecule has 0 spiro atoms. The van der Waals surface area contributed by atoms with Gasteiger partial charge in [-0.15, -0.1) is 0 Å². The van der Waals surface area contributed by atoms with Gasteiger partial charge in [-0.1, -0.05) is 0 Å². The normalized spacial score (nSPS) is 10.3. The number of H-pyrrole nitrogens is 1. The number of aryl methyl sites for hydroxylation is 1. The second-order valence-corrected chi connectivity index (χ2v) is 4.27. The number of rotatable bonds is 4. The van der Waals surface area contributed by atoms with E-state index in [0.717, 1.165) is 12.1 Å². The number of amides is 1. The van der Waals surface area contributed by atoms with Crippen molar-refractivity contribution >= 4 is 5.91 Å². The number of nitrogens with zero attached hydrogens (tertiary/aromatic N) is 3. The third kappa shape index (κ3) is 2.94. The Hall–Kier alpha value is -2.17. The minimum Gasteiger partial charge on any atom is -0.340 e. The number of aromatic nitrogens is 3. The molecule has 0 radical (unpaired) electrons. The Labute approximate surface area is 106 Å². The van der Waals surface area contributed by atoms with Gasteiger partial charge >= 0.3 is 0 Å². The third-order valence-corrected chi connectivity index (χ3v) is 2.76. The van der Waals surface area contributed by atoms with Gasteiger partial charge in [-0.3, -0.25) is 14.9 Å². The van der Waals surface area contributed by atoms with Crippen molar-refractivity contribution in [3.05, 3.63) is 47.5 Å². The van der Waals surface area contributed by atoms with Gasteiger partial charge in [-0.25, -0.2) is 0 Å². The summed E-state index contributed by atoms with van der Waals surface area (Å²) in [5, 5.41) is 6.74. The summed E-state index contributed by atoms with van der Waals surface area (Å²) in [6, 6.07) is 5.67. The summed E-state index contributed by atoms with van der Waals surface area (Å²) in [5.41, 5.74) is 2.52. The summed E-state index contributed by atoms with van der Waals surface area (Å²) < 4.78 is 0. The van der Waals surface area contributed by atoms with E-state index in [1.807, 2.05) is 19.1 Å². The van der Waals surface area contributed by atoms with Gasteiger partial charge in [0.05, 0.1) is 0 Å². The summed E-state index contributed by atoms with van der Waals surface area (Å²) in [5.74, 6) is -0.0617. The smallest absolute Gasteiger partial charge is 0.274 e. The number of hydrogen-bond acceptors (Lipinski definition) is 3. The van der Waals surface area contributed by atoms with Crippen LogP contribution in [-0.2, 0) is 6.42 Å². The second kappa shape index (κ2) is 5.44. The van der Waals surface area contributed by atoms with Crippen molar-refractivity contribution in [2.75, 3.05) is 13.6 Å². The molecule has 0 atom stereocenters. The molecule has 0 bridgehead atoms. The minimum absolute atomic E-state index is 0.0617. The number of aromatic amines is 1. The Kier molecular flexibility index (Phi) is 3.72. The van der Waals surface area contributed by atoms with Crippen molar-refractivity contribution in [3.8, 4) is 0 Å². The van der Waals surface area contributed by atoms with E-state index in [-0.39, 0.29) is 5.91 Å². The van der Waals surface area contributed by atoms with Crippen molar-refractivity contribution < 1.29 is 4.79 Å². The average Bonchev–Trinajstić information content (AvgIpc) is 2.83. The van der Waals surface area contributed by atoms with E-state index in [9.17, 15) is 4.79 Å². The molecule has 2 aromatic heterocycles. The lowest BCUT2D eigenvalue weighted by Gasteiger charge is -2.15. The molecular weight excluding hydrogens is 228 g/mol. The molecule has 0 fully saturated rings. The standard InChI is InChI=1S/C13H16N4O/c1-10-9-12(16-15-10)13(18)17(2)8-5-11-3-6-14-7-4-11/h3-4,6-7,9H,5,8H2,1-2H3,(H,15,16). The fraction of sp³-hybridized carbons (Fsp3) is 0.308. The molecule has 5 nitrogen and oxygen atoms in total. The van der Waals surface area contributed by atoms with Gasteiger partial charge in [-0.2, -0.15) is 5.10 Å². The lowest BCUT2D eigenvalue weighted by molar-refractivity contribution is 0.0791. The number of likely N-dealkylation sites (N-methyl/N-ethyl adjacent to an activating group) is 1. The Bertz CT molecular complexity index is 521. The van der Waals surface area contributed by atoms with Gasteiger partial charge in [0.25, 0.3) is 5.91 Å². The Morgan fingerprint density at radius 1 is 1.39 bits per heavy atom. The van der Waals surface area contributed by atoms with Crippen LogP contribution in [0.2, 0.25) is 0 Å². The van der Waals surface area contributed by atoms with Crippen molar-refractivity contribution in [1.82, 2.24) is 20.1 Å². The first-order valence-corrected chi connectivity index (χ1v) is 5.83. The molecule has 0 aromatic carbocycles. The number of nitrogens with one attached hydrogen (secondary N) is 1. The molecule has 18 heavy (non-hydrogen) atoms. The zero-order valence-corrected chi connectivity index (χ0v) is 10.6. The molecule has 94 valence electrons. The average molecular weight is 244 g/mol. The molecule has 0 saturated heterocycles. The van der Waals surface area contributed by atoms with Gasteiger partial charge in [0, 0.05) is 31.7 Å². The number of pyridine rings is 1. The van der Waals surface area contributed by atoms with Crippen LogP contribution in [0.4, 0.5) is 0 Å². The van der Waals surface area contributed by atoms with E-state index in [2.05, 4.69) is 15.2 Å². The Morgan fingerprint density at radius 3 is 2.72 bits per heavy atom. The topological polar surface area (TPSA) is 61.9 Å². The highest BCUT2D eigenvalue weighted by Gasteiger charge is 2.14. The molecule has 0 aliphatic carbocycles. The quantitative estimate of drug-likeness (QED) is 0.885. The molecule has 0 aliphatic heterocycles. The van der Waals surface area contributed by atoms with Crippen molar-refractivity contribution in [2.24, 2.45) is 0 Å². The van der Waals surface area contributed by atoms with Crippen LogP contribution in [0.3, 0.4) is 0 Å². The van der Waals surface area contributed by atoms with Crippen LogP contribution in [0.1, 0.15) is 21.7 Å². The maximum Gasteiger partial charge on any atom is 0.274 e. The molecule has 0 aliphatic rings. The van der Waals surface area contributed by atoms with Crippen LogP contribution in [0, 0.1) is 6.92 Å². The van der Waals surface area contributed by atoms with Crippen molar-refractivity contribution in [2.45, 2.75) is 13.3 Å². The van der Waals surface area contributed by atoms with Gasteiger partial charge in [0.1, 0.15) is 5.69 Å². The van der Waals surface area contributed by atoms with Crippen LogP contribution in [-0.4, -0.2) is 39.6 Å². The van der Waals surface area contributed by atoms with E-state index in [1.165, 1.54) is 5.56 Å². The summed E-state index contributed by atoms with van der Waals surface area (Å²) in [7, 11) is 1.79. The highest BCUT2D eigenvalue weighted by Crippen LogP contribution is 2.04. The second-order valence-electron chi connectivity index (χ2n) is 4.27. The van der Waals surface area contributed by atoms with Crippen LogP contribution in [0.5, 0.6) is 0 Å². The molecule has 1 amide bonds. The van der Waals surface area contributed by atoms with E-state index in [4.69, 9.17) is 0 Å². The minimum atomic E-state index is -0.0617. The fourth-order valence-corrected chi connectivity index (χ4v) is 1.67. The van der Waals surface area contributed by atoms with E-state index >= 15 is 0 Å². The highest BCUT2D eigenvalue weighted by atomic mass is 16.2. The van der Waals surface area contributed by atoms with Crippen molar-refractivity contribution in [1.29, 1.82) is 0 Å². The first-order chi connectivity index (χ1) is 8.66. The summed E-state index contributed by atoms with van der Waals surface area (Å²) in [4.78, 5) is 17.7. The van der Waals surface area contributed by atoms with E-state index in [0.29, 0.717) is 12.2 Å². The lowest BCUT2D eigenvalue weighted by Crippen LogP contribution is -2.29. The predicted molar refractivity (Wildman–Crippen MR) is 68.2 cm³/mol. The van der Waals surface area contributed by atoms with Crippen LogP contribution < -0.4 is 0 Å². The van der Waals surface area contributed by atoms with Crippen LogP contribution in [0.25, 0.3) is 0 Å². The Balaban J connectivity index is 1.92. The molecule has 5 heteroatoms. The van der Waals surface area contributed by atoms with Gasteiger partial charge < -0.3 is 4.90 Å². The highest BCUT2D eigenvalue weighted by molar-refractivity contribution is 5.92. The zero-order valence-electron chi connectivity index (χ0n) is 10.6. The van der Waals surface area contributed by atoms with Crippen LogP contribution >= 0.6 is 0 Å². The summed E-state index contributed by atoms with van der Waals surface area (Å²) >= 11 is 0. The lowest BCUT2D eigenvalue weighted by atomic mass is 10.2. The number of carbonyl (C=O) groups is 1. The first kappa shape index (κ1) is 12.3. The van der Waals surface area contributed by atoms with Crippen LogP contribution in [0.15, 0.2) is 30.6 Å². The maximum absolute atomic E-state index is 12.0. The molecule has 0 saturated carbocycles. The van der Waals surface area contributed by atoms with Gasteiger partial charge in [-0.05, 0) is 37.1 Å². The Morgan fingerprint density at radius 2 is 2.11 bits per heavy atom. The predicted octanol–water partition coefficient (Wildman–Crippen LogP) is 1.43. The molecular formula is C13H16N4O. The molecule has 1 N–H and O–H groups in total. The van der Waals surface area contributed by atoms with E-state index in [1.54, 1.807) is 30.4 Å². The number of carbonyl (C=O) groups excluding carboxylic acids is 1. The molecule has 2 rings (SSSR count). The van der Waals surface area contributed by atoms with Crippen molar-refractivity contribution in [3.63, 3.8) is 0 Å². The summed E-state index contributed by atoms with van der Waals surface area (Å²) in [6.07, 6.45) is 4.33. The first-order valence-electron chi connectivity index (χ1n) is 5.83. The largest absolute Gasteiger partial charge is 0.340 e. The number of hydrogen-bond donors (Lipinski definition) is 1. The monoisotopic (exact) mass is 244 g/mol. The molecule has 0 unspecified atom stereocenters. The molecule has 2 heterocycles. The SMILES string of the molecule is Cc1cc(C(=O)N(C)CCc2ccncc2)n[nH]1. The van der Waals surface area contributed by atoms with Gasteiger partial charge in [0.15, 0.2) is 0 Å². The summed E-state index contributed by atoms with van der Waals surface area (Å²) in [6.45, 7) is 2.54.